The Morgan fingerprint density at radius 3 is 2.48 bits per heavy atom. The average Bonchev–Trinajstić information content (AvgIpc) is 3.22. The van der Waals surface area contributed by atoms with E-state index in [0.717, 1.165) is 37.7 Å². The van der Waals surface area contributed by atoms with Crippen molar-refractivity contribution in [2.45, 2.75) is 63.6 Å². The highest BCUT2D eigenvalue weighted by Gasteiger charge is 2.35. The van der Waals surface area contributed by atoms with Gasteiger partial charge in [-0.15, -0.1) is 11.3 Å². The molecule has 0 saturated heterocycles. The second-order valence-electron chi connectivity index (χ2n) is 7.49. The molecule has 3 rings (SSSR count). The van der Waals surface area contributed by atoms with Crippen molar-refractivity contribution in [2.24, 2.45) is 0 Å². The Kier molecular flexibility index (Phi) is 6.30. The highest BCUT2D eigenvalue weighted by atomic mass is 32.1. The van der Waals surface area contributed by atoms with Gasteiger partial charge in [0.15, 0.2) is 0 Å². The maximum atomic E-state index is 12.8. The zero-order valence-electron chi connectivity index (χ0n) is 16.0. The Hall–Kier alpha value is -2.16. The van der Waals surface area contributed by atoms with E-state index < -0.39 is 11.6 Å². The van der Waals surface area contributed by atoms with Crippen LogP contribution >= 0.6 is 11.3 Å². The molecule has 1 aromatic heterocycles. The summed E-state index contributed by atoms with van der Waals surface area (Å²) in [6.07, 6.45) is 4.62. The minimum absolute atomic E-state index is 0.0456. The van der Waals surface area contributed by atoms with Crippen LogP contribution in [0.5, 0.6) is 0 Å². The summed E-state index contributed by atoms with van der Waals surface area (Å²) in [7, 11) is 0. The molecule has 0 radical (unpaired) electrons. The Balaban J connectivity index is 1.74. The van der Waals surface area contributed by atoms with E-state index >= 15 is 0 Å². The molecule has 1 aliphatic carbocycles. The zero-order chi connectivity index (χ0) is 19.3. The molecule has 1 fully saturated rings. The van der Waals surface area contributed by atoms with Gasteiger partial charge in [-0.1, -0.05) is 55.2 Å². The third-order valence-corrected chi connectivity index (χ3v) is 6.27. The number of carbonyl (C=O) groups is 1. The molecule has 4 nitrogen and oxygen atoms in total. The van der Waals surface area contributed by atoms with Crippen molar-refractivity contribution in [1.82, 2.24) is 10.6 Å². The van der Waals surface area contributed by atoms with Crippen LogP contribution in [0.4, 0.5) is 0 Å². The summed E-state index contributed by atoms with van der Waals surface area (Å²) in [6, 6.07) is 14.4. The molecule has 1 aromatic carbocycles. The average molecular weight is 382 g/mol. The molecule has 1 saturated carbocycles. The molecule has 0 bridgehead atoms. The first kappa shape index (κ1) is 19.6. The summed E-state index contributed by atoms with van der Waals surface area (Å²) >= 11 is 1.68. The minimum atomic E-state index is -0.701. The van der Waals surface area contributed by atoms with Crippen LogP contribution in [-0.2, 0) is 4.79 Å². The molecule has 2 N–H and O–H groups in total. The standard InChI is InChI=1S/C22H27N3OS/c1-16-8-10-18(11-9-16)20(19-7-6-14-27-19)24-17(2)21(26)25-22(15-23)12-4-3-5-13-22/h6-11,14,17,20,24H,3-5,12-13H2,1-2H3,(H,25,26)/t17-,20+/m0/s1. The topological polar surface area (TPSA) is 64.9 Å². The lowest BCUT2D eigenvalue weighted by molar-refractivity contribution is -0.124. The summed E-state index contributed by atoms with van der Waals surface area (Å²) in [5, 5.41) is 18.2. The molecule has 1 amide bonds. The zero-order valence-corrected chi connectivity index (χ0v) is 16.8. The van der Waals surface area contributed by atoms with Gasteiger partial charge in [-0.05, 0) is 43.7 Å². The molecule has 142 valence electrons. The molecule has 0 aliphatic heterocycles. The Bertz CT molecular complexity index is 786. The fourth-order valence-electron chi connectivity index (χ4n) is 3.65. The minimum Gasteiger partial charge on any atom is -0.336 e. The fraction of sp³-hybridized carbons (Fsp3) is 0.455. The van der Waals surface area contributed by atoms with Gasteiger partial charge in [-0.2, -0.15) is 5.26 Å². The van der Waals surface area contributed by atoms with Crippen LogP contribution in [0.2, 0.25) is 0 Å². The number of carbonyl (C=O) groups excluding carboxylic acids is 1. The molecule has 5 heteroatoms. The number of nitrogens with one attached hydrogen (secondary N) is 2. The van der Waals surface area contributed by atoms with Gasteiger partial charge in [-0.3, -0.25) is 10.1 Å². The molecule has 2 aromatic rings. The quantitative estimate of drug-likeness (QED) is 0.776. The maximum Gasteiger partial charge on any atom is 0.238 e. The number of benzene rings is 1. The van der Waals surface area contributed by atoms with E-state index in [1.165, 1.54) is 10.4 Å². The van der Waals surface area contributed by atoms with Gasteiger partial charge in [0.25, 0.3) is 0 Å². The Labute approximate surface area is 165 Å². The van der Waals surface area contributed by atoms with E-state index in [1.807, 2.05) is 13.0 Å². The van der Waals surface area contributed by atoms with E-state index in [9.17, 15) is 10.1 Å². The van der Waals surface area contributed by atoms with Crippen molar-refractivity contribution in [2.75, 3.05) is 0 Å². The predicted molar refractivity (Wildman–Crippen MR) is 110 cm³/mol. The van der Waals surface area contributed by atoms with E-state index in [2.05, 4.69) is 59.3 Å². The molecule has 1 aliphatic rings. The first-order chi connectivity index (χ1) is 13.0. The van der Waals surface area contributed by atoms with Crippen molar-refractivity contribution in [3.63, 3.8) is 0 Å². The van der Waals surface area contributed by atoms with Crippen LogP contribution in [0, 0.1) is 18.3 Å². The second-order valence-corrected chi connectivity index (χ2v) is 8.47. The van der Waals surface area contributed by atoms with Gasteiger partial charge in [0.2, 0.25) is 5.91 Å². The monoisotopic (exact) mass is 381 g/mol. The van der Waals surface area contributed by atoms with Crippen molar-refractivity contribution in [3.05, 3.63) is 57.8 Å². The lowest BCUT2D eigenvalue weighted by Gasteiger charge is -2.33. The van der Waals surface area contributed by atoms with Crippen LogP contribution < -0.4 is 10.6 Å². The fourth-order valence-corrected chi connectivity index (χ4v) is 4.46. The normalized spacial score (nSPS) is 18.3. The van der Waals surface area contributed by atoms with Gasteiger partial charge >= 0.3 is 0 Å². The summed E-state index contributed by atoms with van der Waals surface area (Å²) < 4.78 is 0. The maximum absolute atomic E-state index is 12.8. The highest BCUT2D eigenvalue weighted by Crippen LogP contribution is 2.29. The number of amides is 1. The molecule has 0 unspecified atom stereocenters. The first-order valence-corrected chi connectivity index (χ1v) is 10.5. The SMILES string of the molecule is Cc1ccc([C@@H](N[C@@H](C)C(=O)NC2(C#N)CCCCC2)c2cccs2)cc1. The molecule has 27 heavy (non-hydrogen) atoms. The molecule has 2 atom stereocenters. The van der Waals surface area contributed by atoms with E-state index in [1.54, 1.807) is 11.3 Å². The van der Waals surface area contributed by atoms with Gasteiger partial charge in [0.1, 0.15) is 5.54 Å². The Morgan fingerprint density at radius 2 is 1.89 bits per heavy atom. The van der Waals surface area contributed by atoms with Crippen LogP contribution in [0.3, 0.4) is 0 Å². The Morgan fingerprint density at radius 1 is 1.19 bits per heavy atom. The number of aryl methyl sites for hydroxylation is 1. The van der Waals surface area contributed by atoms with E-state index in [-0.39, 0.29) is 11.9 Å². The van der Waals surface area contributed by atoms with Crippen LogP contribution in [0.15, 0.2) is 41.8 Å². The number of rotatable bonds is 6. The third-order valence-electron chi connectivity index (χ3n) is 5.33. The third kappa shape index (κ3) is 4.77. The van der Waals surface area contributed by atoms with Crippen LogP contribution in [0.25, 0.3) is 0 Å². The molecule has 0 spiro atoms. The van der Waals surface area contributed by atoms with Crippen LogP contribution in [-0.4, -0.2) is 17.5 Å². The van der Waals surface area contributed by atoms with E-state index in [4.69, 9.17) is 0 Å². The number of hydrogen-bond donors (Lipinski definition) is 2. The number of nitriles is 1. The van der Waals surface area contributed by atoms with Crippen molar-refractivity contribution >= 4 is 17.2 Å². The number of thiophene rings is 1. The lowest BCUT2D eigenvalue weighted by atomic mass is 9.82. The van der Waals surface area contributed by atoms with E-state index in [0.29, 0.717) is 0 Å². The van der Waals surface area contributed by atoms with Gasteiger partial charge in [-0.25, -0.2) is 0 Å². The number of nitrogens with zero attached hydrogens (tertiary/aromatic N) is 1. The van der Waals surface area contributed by atoms with Crippen LogP contribution in [0.1, 0.15) is 61.1 Å². The van der Waals surface area contributed by atoms with Crippen molar-refractivity contribution in [1.29, 1.82) is 5.26 Å². The molecule has 1 heterocycles. The highest BCUT2D eigenvalue weighted by molar-refractivity contribution is 7.10. The summed E-state index contributed by atoms with van der Waals surface area (Å²) in [6.45, 7) is 3.94. The summed E-state index contributed by atoms with van der Waals surface area (Å²) in [5.41, 5.74) is 1.64. The summed E-state index contributed by atoms with van der Waals surface area (Å²) in [4.78, 5) is 14.0. The van der Waals surface area contributed by atoms with Crippen molar-refractivity contribution < 1.29 is 4.79 Å². The molecular formula is C22H27N3OS. The predicted octanol–water partition coefficient (Wildman–Crippen LogP) is 4.47. The van der Waals surface area contributed by atoms with Gasteiger partial charge in [0.05, 0.1) is 18.2 Å². The molecular weight excluding hydrogens is 354 g/mol. The first-order valence-electron chi connectivity index (χ1n) is 9.62. The van der Waals surface area contributed by atoms with Gasteiger partial charge in [0, 0.05) is 4.88 Å². The number of hydrogen-bond acceptors (Lipinski definition) is 4. The second kappa shape index (κ2) is 8.69. The van der Waals surface area contributed by atoms with Gasteiger partial charge < -0.3 is 5.32 Å². The smallest absolute Gasteiger partial charge is 0.238 e. The van der Waals surface area contributed by atoms with Crippen molar-refractivity contribution in [3.8, 4) is 6.07 Å². The lowest BCUT2D eigenvalue weighted by Crippen LogP contribution is -2.54. The largest absolute Gasteiger partial charge is 0.336 e. The summed E-state index contributed by atoms with van der Waals surface area (Å²) in [5.74, 6) is -0.105.